The van der Waals surface area contributed by atoms with Gasteiger partial charge in [0.2, 0.25) is 0 Å². The van der Waals surface area contributed by atoms with Gasteiger partial charge in [0.25, 0.3) is 0 Å². The molecule has 0 heterocycles. The molecule has 0 spiro atoms. The van der Waals surface area contributed by atoms with Crippen molar-refractivity contribution in [1.29, 1.82) is 0 Å². The molecule has 2 aromatic carbocycles. The van der Waals surface area contributed by atoms with Crippen LogP contribution in [0, 0.1) is 11.6 Å². The Morgan fingerprint density at radius 2 is 1.34 bits per heavy atom. The molecule has 0 bridgehead atoms. The summed E-state index contributed by atoms with van der Waals surface area (Å²) in [6.45, 7) is 4.36. The van der Waals surface area contributed by atoms with E-state index in [1.54, 1.807) is 30.4 Å². The van der Waals surface area contributed by atoms with Gasteiger partial charge in [0.05, 0.1) is 0 Å². The molecule has 1 atom stereocenters. The van der Waals surface area contributed by atoms with Crippen molar-refractivity contribution in [1.82, 2.24) is 0 Å². The van der Waals surface area contributed by atoms with Crippen LogP contribution in [0.1, 0.15) is 107 Å². The van der Waals surface area contributed by atoms with Gasteiger partial charge in [0.1, 0.15) is 0 Å². The zero-order valence-corrected chi connectivity index (χ0v) is 21.5. The van der Waals surface area contributed by atoms with E-state index in [0.717, 1.165) is 44.9 Å². The molecule has 0 saturated carbocycles. The summed E-state index contributed by atoms with van der Waals surface area (Å²) in [5, 5.41) is 0. The predicted octanol–water partition coefficient (Wildman–Crippen LogP) is 10.2. The van der Waals surface area contributed by atoms with E-state index >= 15 is 8.78 Å². The lowest BCUT2D eigenvalue weighted by Gasteiger charge is -2.30. The van der Waals surface area contributed by atoms with Crippen LogP contribution >= 0.6 is 0 Å². The highest BCUT2D eigenvalue weighted by Gasteiger charge is 2.39. The van der Waals surface area contributed by atoms with Gasteiger partial charge in [0.15, 0.2) is 17.3 Å². The number of rotatable bonds is 14. The third-order valence-electron chi connectivity index (χ3n) is 7.21. The van der Waals surface area contributed by atoms with Crippen LogP contribution in [0.3, 0.4) is 0 Å². The number of benzene rings is 2. The summed E-state index contributed by atoms with van der Waals surface area (Å²) < 4.78 is 46.7. The molecule has 3 heteroatoms. The Morgan fingerprint density at radius 3 is 2.00 bits per heavy atom. The second kappa shape index (κ2) is 13.7. The quantitative estimate of drug-likeness (QED) is 0.235. The fourth-order valence-electron chi connectivity index (χ4n) is 4.99. The fraction of sp³-hybridized carbons (Fsp3) is 0.500. The normalized spacial score (nSPS) is 17.6. The Balaban J connectivity index is 1.74. The molecular formula is C32H41F3. The van der Waals surface area contributed by atoms with Gasteiger partial charge < -0.3 is 0 Å². The summed E-state index contributed by atoms with van der Waals surface area (Å²) in [5.41, 5.74) is 0.377. The molecule has 1 aliphatic rings. The van der Waals surface area contributed by atoms with Crippen molar-refractivity contribution in [2.24, 2.45) is 0 Å². The van der Waals surface area contributed by atoms with Gasteiger partial charge >= 0.3 is 0 Å². The van der Waals surface area contributed by atoms with Gasteiger partial charge in [-0.3, -0.25) is 0 Å². The second-order valence-electron chi connectivity index (χ2n) is 9.94. The fourth-order valence-corrected chi connectivity index (χ4v) is 4.99. The maximum atomic E-state index is 16.5. The topological polar surface area (TPSA) is 0 Å². The Bertz CT molecular complexity index is 987. The van der Waals surface area contributed by atoms with Crippen molar-refractivity contribution in [3.05, 3.63) is 88.5 Å². The van der Waals surface area contributed by atoms with Crippen molar-refractivity contribution in [3.8, 4) is 0 Å². The van der Waals surface area contributed by atoms with Crippen molar-refractivity contribution in [2.75, 3.05) is 0 Å². The van der Waals surface area contributed by atoms with Crippen LogP contribution in [0.5, 0.6) is 0 Å². The molecule has 1 unspecified atom stereocenters. The molecule has 0 nitrogen and oxygen atoms in total. The van der Waals surface area contributed by atoms with E-state index in [-0.39, 0.29) is 17.6 Å². The summed E-state index contributed by atoms with van der Waals surface area (Å²) in [6, 6.07) is 10.8. The van der Waals surface area contributed by atoms with E-state index in [1.165, 1.54) is 31.2 Å². The van der Waals surface area contributed by atoms with Gasteiger partial charge in [-0.1, -0.05) is 120 Å². The molecule has 0 radical (unpaired) electrons. The molecule has 2 aromatic rings. The van der Waals surface area contributed by atoms with Crippen LogP contribution in [0.15, 0.2) is 54.6 Å². The van der Waals surface area contributed by atoms with Crippen LogP contribution < -0.4 is 0 Å². The summed E-state index contributed by atoms with van der Waals surface area (Å²) in [4.78, 5) is 0. The predicted molar refractivity (Wildman–Crippen MR) is 142 cm³/mol. The largest absolute Gasteiger partial charge is 0.233 e. The first kappa shape index (κ1) is 27.3. The van der Waals surface area contributed by atoms with Crippen molar-refractivity contribution in [2.45, 2.75) is 103 Å². The van der Waals surface area contributed by atoms with Gasteiger partial charge in [-0.2, -0.15) is 0 Å². The summed E-state index contributed by atoms with van der Waals surface area (Å²) >= 11 is 0. The Kier molecular flexibility index (Phi) is 10.7. The highest BCUT2D eigenvalue weighted by Crippen LogP contribution is 2.46. The smallest absolute Gasteiger partial charge is 0.166 e. The van der Waals surface area contributed by atoms with Gasteiger partial charge in [0, 0.05) is 17.6 Å². The lowest BCUT2D eigenvalue weighted by Crippen LogP contribution is -2.24. The molecule has 0 aromatic heterocycles. The highest BCUT2D eigenvalue weighted by atomic mass is 19.2. The Morgan fingerprint density at radius 1 is 0.714 bits per heavy atom. The number of allylic oxidation sites excluding steroid dienone is 4. The van der Waals surface area contributed by atoms with E-state index in [1.807, 2.05) is 24.3 Å². The third-order valence-corrected chi connectivity index (χ3v) is 7.21. The lowest BCUT2D eigenvalue weighted by molar-refractivity contribution is 0.248. The minimum absolute atomic E-state index is 0.0177. The van der Waals surface area contributed by atoms with E-state index in [0.29, 0.717) is 17.5 Å². The Hall–Kier alpha value is -2.29. The number of hydrogen-bond acceptors (Lipinski definition) is 0. The number of hydrogen-bond donors (Lipinski definition) is 0. The number of aryl methyl sites for hydroxylation is 2. The van der Waals surface area contributed by atoms with E-state index in [9.17, 15) is 4.39 Å². The average molecular weight is 483 g/mol. The van der Waals surface area contributed by atoms with Crippen molar-refractivity contribution in [3.63, 3.8) is 0 Å². The SMILES string of the molecule is CCCCCCCc1ccc(C2(F)CC=CC=C2c2ccc(CCCCCCC)c(F)c2F)cc1. The third kappa shape index (κ3) is 7.12. The molecule has 0 amide bonds. The number of alkyl halides is 1. The van der Waals surface area contributed by atoms with Crippen molar-refractivity contribution < 1.29 is 13.2 Å². The van der Waals surface area contributed by atoms with E-state index in [2.05, 4.69) is 13.8 Å². The van der Waals surface area contributed by atoms with E-state index in [4.69, 9.17) is 0 Å². The minimum atomic E-state index is -1.89. The molecule has 0 saturated heterocycles. The van der Waals surface area contributed by atoms with E-state index < -0.39 is 17.3 Å². The zero-order chi connectivity index (χ0) is 25.1. The van der Waals surface area contributed by atoms with Gasteiger partial charge in [-0.15, -0.1) is 0 Å². The second-order valence-corrected chi connectivity index (χ2v) is 9.94. The standard InChI is InChI=1S/C32H41F3/c1-3-5-7-9-11-15-25-18-21-27(22-19-25)32(35)24-14-13-17-29(32)28-23-20-26(30(33)31(28)34)16-12-10-8-6-4-2/h13-14,17-23H,3-12,15-16,24H2,1-2H3. The summed E-state index contributed by atoms with van der Waals surface area (Å²) in [5.74, 6) is -1.78. The first-order valence-electron chi connectivity index (χ1n) is 13.6. The maximum Gasteiger partial charge on any atom is 0.166 e. The van der Waals surface area contributed by atoms with Crippen LogP contribution in [-0.4, -0.2) is 0 Å². The van der Waals surface area contributed by atoms with Crippen molar-refractivity contribution >= 4 is 5.57 Å². The maximum absolute atomic E-state index is 16.5. The molecule has 0 N–H and O–H groups in total. The monoisotopic (exact) mass is 482 g/mol. The number of unbranched alkanes of at least 4 members (excludes halogenated alkanes) is 8. The summed E-state index contributed by atoms with van der Waals surface area (Å²) in [7, 11) is 0. The molecule has 0 fully saturated rings. The molecule has 190 valence electrons. The molecular weight excluding hydrogens is 441 g/mol. The first-order valence-corrected chi connectivity index (χ1v) is 13.6. The van der Waals surface area contributed by atoms with Gasteiger partial charge in [-0.05, 0) is 42.4 Å². The molecule has 3 rings (SSSR count). The Labute approximate surface area is 210 Å². The zero-order valence-electron chi connectivity index (χ0n) is 21.5. The first-order chi connectivity index (χ1) is 17.0. The van der Waals surface area contributed by atoms with Crippen LogP contribution in [0.4, 0.5) is 13.2 Å². The van der Waals surface area contributed by atoms with Crippen LogP contribution in [0.2, 0.25) is 0 Å². The average Bonchev–Trinajstić information content (AvgIpc) is 2.87. The van der Waals surface area contributed by atoms with Crippen LogP contribution in [-0.2, 0) is 18.5 Å². The summed E-state index contributed by atoms with van der Waals surface area (Å²) in [6.07, 6.45) is 18.0. The van der Waals surface area contributed by atoms with Gasteiger partial charge in [-0.25, -0.2) is 13.2 Å². The van der Waals surface area contributed by atoms with Crippen LogP contribution in [0.25, 0.3) is 5.57 Å². The molecule has 0 aliphatic heterocycles. The highest BCUT2D eigenvalue weighted by molar-refractivity contribution is 5.77. The molecule has 1 aliphatic carbocycles. The lowest BCUT2D eigenvalue weighted by atomic mass is 9.78. The minimum Gasteiger partial charge on any atom is -0.233 e. The molecule has 35 heavy (non-hydrogen) atoms. The number of halogens is 3.